The number of H-pyrrole nitrogens is 1. The van der Waals surface area contributed by atoms with Crippen molar-refractivity contribution >= 4 is 0 Å². The number of alkyl halides is 3. The minimum absolute atomic E-state index is 0.252. The lowest BCUT2D eigenvalue weighted by Crippen LogP contribution is -2.35. The van der Waals surface area contributed by atoms with Crippen molar-refractivity contribution in [1.82, 2.24) is 19.9 Å². The third-order valence-electron chi connectivity index (χ3n) is 5.14. The van der Waals surface area contributed by atoms with Gasteiger partial charge in [0.05, 0.1) is 16.8 Å². The Labute approximate surface area is 165 Å². The van der Waals surface area contributed by atoms with Crippen molar-refractivity contribution in [3.05, 3.63) is 81.0 Å². The fourth-order valence-corrected chi connectivity index (χ4v) is 3.50. The summed E-state index contributed by atoms with van der Waals surface area (Å²) in [6.07, 6.45) is -2.04. The third-order valence-corrected chi connectivity index (χ3v) is 5.14. The van der Waals surface area contributed by atoms with E-state index in [1.54, 1.807) is 6.20 Å². The molecule has 3 heterocycles. The van der Waals surface area contributed by atoms with E-state index in [4.69, 9.17) is 0 Å². The molecular formula is C21H19F3N4O. The fraction of sp³-hybridized carbons (Fsp3) is 0.286. The number of hydrogen-bond donors (Lipinski definition) is 1. The van der Waals surface area contributed by atoms with Crippen LogP contribution >= 0.6 is 0 Å². The molecule has 0 amide bonds. The van der Waals surface area contributed by atoms with Crippen molar-refractivity contribution in [3.63, 3.8) is 0 Å². The van der Waals surface area contributed by atoms with Gasteiger partial charge in [0.1, 0.15) is 5.82 Å². The Bertz CT molecular complexity index is 1090. The van der Waals surface area contributed by atoms with E-state index in [2.05, 4.69) is 19.9 Å². The Balaban J connectivity index is 1.57. The minimum atomic E-state index is -4.40. The SMILES string of the molecule is Cc1ncccc1CN1CCc2nc(-c3ccc(C(F)(F)F)cc3)[nH]c(=O)c2C1. The summed E-state index contributed by atoms with van der Waals surface area (Å²) in [6, 6.07) is 8.56. The Morgan fingerprint density at radius 1 is 1.17 bits per heavy atom. The van der Waals surface area contributed by atoms with Gasteiger partial charge in [-0.3, -0.25) is 14.7 Å². The van der Waals surface area contributed by atoms with Crippen LogP contribution in [0.25, 0.3) is 11.4 Å². The molecule has 1 aliphatic rings. The van der Waals surface area contributed by atoms with Gasteiger partial charge in [-0.2, -0.15) is 13.2 Å². The zero-order valence-electron chi connectivity index (χ0n) is 15.8. The molecule has 29 heavy (non-hydrogen) atoms. The first-order valence-corrected chi connectivity index (χ1v) is 9.24. The van der Waals surface area contributed by atoms with Crippen molar-refractivity contribution in [2.75, 3.05) is 6.54 Å². The van der Waals surface area contributed by atoms with Gasteiger partial charge in [-0.15, -0.1) is 0 Å². The highest BCUT2D eigenvalue weighted by Gasteiger charge is 2.30. The van der Waals surface area contributed by atoms with E-state index in [0.29, 0.717) is 42.2 Å². The number of nitrogens with zero attached hydrogens (tertiary/aromatic N) is 3. The lowest BCUT2D eigenvalue weighted by Gasteiger charge is -2.28. The molecule has 0 atom stereocenters. The smallest absolute Gasteiger partial charge is 0.306 e. The van der Waals surface area contributed by atoms with Crippen LogP contribution in [0.15, 0.2) is 47.4 Å². The molecule has 0 unspecified atom stereocenters. The van der Waals surface area contributed by atoms with E-state index in [1.807, 2.05) is 19.1 Å². The Morgan fingerprint density at radius 2 is 1.93 bits per heavy atom. The van der Waals surface area contributed by atoms with E-state index >= 15 is 0 Å². The van der Waals surface area contributed by atoms with Gasteiger partial charge in [0.2, 0.25) is 0 Å². The van der Waals surface area contributed by atoms with Gasteiger partial charge in [-0.05, 0) is 30.7 Å². The first kappa shape index (κ1) is 19.3. The Hall–Kier alpha value is -3.00. The predicted octanol–water partition coefficient (Wildman–Crippen LogP) is 3.72. The highest BCUT2D eigenvalue weighted by atomic mass is 19.4. The van der Waals surface area contributed by atoms with Gasteiger partial charge in [-0.25, -0.2) is 4.98 Å². The number of rotatable bonds is 3. The van der Waals surface area contributed by atoms with E-state index < -0.39 is 11.7 Å². The average molecular weight is 400 g/mol. The standard InChI is InChI=1S/C21H19F3N4O/c1-13-15(3-2-9-25-13)11-28-10-8-18-17(12-28)20(29)27-19(26-18)14-4-6-16(7-5-14)21(22,23)24/h2-7,9H,8,10-12H2,1H3,(H,26,27,29). The van der Waals surface area contributed by atoms with Crippen molar-refractivity contribution < 1.29 is 13.2 Å². The Morgan fingerprint density at radius 3 is 2.62 bits per heavy atom. The zero-order chi connectivity index (χ0) is 20.6. The first-order valence-electron chi connectivity index (χ1n) is 9.24. The molecule has 0 bridgehead atoms. The van der Waals surface area contributed by atoms with Gasteiger partial charge < -0.3 is 4.98 Å². The summed E-state index contributed by atoms with van der Waals surface area (Å²) in [6.45, 7) is 3.86. The average Bonchev–Trinajstić information content (AvgIpc) is 2.69. The maximum atomic E-state index is 12.7. The topological polar surface area (TPSA) is 61.9 Å². The minimum Gasteiger partial charge on any atom is -0.306 e. The van der Waals surface area contributed by atoms with Crippen molar-refractivity contribution in [2.24, 2.45) is 0 Å². The molecule has 5 nitrogen and oxygen atoms in total. The molecule has 0 radical (unpaired) electrons. The van der Waals surface area contributed by atoms with Crippen LogP contribution in [0.5, 0.6) is 0 Å². The predicted molar refractivity (Wildman–Crippen MR) is 102 cm³/mol. The molecule has 0 spiro atoms. The molecule has 1 N–H and O–H groups in total. The lowest BCUT2D eigenvalue weighted by atomic mass is 10.0. The highest BCUT2D eigenvalue weighted by Crippen LogP contribution is 2.30. The molecule has 0 saturated heterocycles. The van der Waals surface area contributed by atoms with E-state index in [9.17, 15) is 18.0 Å². The van der Waals surface area contributed by atoms with Gasteiger partial charge >= 0.3 is 6.18 Å². The third kappa shape index (κ3) is 4.07. The number of aryl methyl sites for hydroxylation is 1. The molecular weight excluding hydrogens is 381 g/mol. The van der Waals surface area contributed by atoms with Crippen LogP contribution in [-0.4, -0.2) is 26.4 Å². The van der Waals surface area contributed by atoms with Crippen molar-refractivity contribution in [1.29, 1.82) is 0 Å². The number of nitrogens with one attached hydrogen (secondary N) is 1. The second kappa shape index (κ2) is 7.44. The maximum Gasteiger partial charge on any atom is 0.416 e. The van der Waals surface area contributed by atoms with Crippen LogP contribution in [0.4, 0.5) is 13.2 Å². The fourth-order valence-electron chi connectivity index (χ4n) is 3.50. The van der Waals surface area contributed by atoms with Crippen LogP contribution in [-0.2, 0) is 25.7 Å². The molecule has 1 aromatic carbocycles. The molecule has 150 valence electrons. The monoisotopic (exact) mass is 400 g/mol. The van der Waals surface area contributed by atoms with Crippen LogP contribution in [0.1, 0.15) is 28.1 Å². The number of halogens is 3. The quantitative estimate of drug-likeness (QED) is 0.728. The van der Waals surface area contributed by atoms with Crippen molar-refractivity contribution in [2.45, 2.75) is 32.6 Å². The number of benzene rings is 1. The zero-order valence-corrected chi connectivity index (χ0v) is 15.8. The molecule has 2 aromatic heterocycles. The number of pyridine rings is 1. The summed E-state index contributed by atoms with van der Waals surface area (Å²) >= 11 is 0. The second-order valence-corrected chi connectivity index (χ2v) is 7.12. The van der Waals surface area contributed by atoms with Crippen LogP contribution < -0.4 is 5.56 Å². The first-order chi connectivity index (χ1) is 13.8. The molecule has 8 heteroatoms. The molecule has 0 fully saturated rings. The molecule has 4 rings (SSSR count). The van der Waals surface area contributed by atoms with Gasteiger partial charge in [0.25, 0.3) is 5.56 Å². The van der Waals surface area contributed by atoms with Crippen LogP contribution in [0.3, 0.4) is 0 Å². The highest BCUT2D eigenvalue weighted by molar-refractivity contribution is 5.56. The van der Waals surface area contributed by atoms with Crippen molar-refractivity contribution in [3.8, 4) is 11.4 Å². The molecule has 0 aliphatic carbocycles. The summed E-state index contributed by atoms with van der Waals surface area (Å²) in [7, 11) is 0. The molecule has 1 aliphatic heterocycles. The summed E-state index contributed by atoms with van der Waals surface area (Å²) in [5.41, 5.74) is 2.84. The second-order valence-electron chi connectivity index (χ2n) is 7.12. The normalized spacial score (nSPS) is 14.6. The largest absolute Gasteiger partial charge is 0.416 e. The number of aromatic amines is 1. The van der Waals surface area contributed by atoms with Gasteiger partial charge in [0.15, 0.2) is 0 Å². The van der Waals surface area contributed by atoms with Crippen LogP contribution in [0.2, 0.25) is 0 Å². The summed E-state index contributed by atoms with van der Waals surface area (Å²) < 4.78 is 38.2. The van der Waals surface area contributed by atoms with Crippen LogP contribution in [0, 0.1) is 6.92 Å². The Kier molecular flexibility index (Phi) is 4.96. The summed E-state index contributed by atoms with van der Waals surface area (Å²) in [5, 5.41) is 0. The maximum absolute atomic E-state index is 12.7. The summed E-state index contributed by atoms with van der Waals surface area (Å²) in [5.74, 6) is 0.291. The van der Waals surface area contributed by atoms with E-state index in [-0.39, 0.29) is 5.56 Å². The van der Waals surface area contributed by atoms with E-state index in [0.717, 1.165) is 29.9 Å². The number of fused-ring (bicyclic) bond motifs is 1. The van der Waals surface area contributed by atoms with E-state index in [1.165, 1.54) is 12.1 Å². The summed E-state index contributed by atoms with van der Waals surface area (Å²) in [4.78, 5) is 26.3. The van der Waals surface area contributed by atoms with Gasteiger partial charge in [0, 0.05) is 43.5 Å². The number of hydrogen-bond acceptors (Lipinski definition) is 4. The number of aromatic nitrogens is 3. The molecule has 3 aromatic rings. The molecule has 0 saturated carbocycles. The van der Waals surface area contributed by atoms with Gasteiger partial charge in [-0.1, -0.05) is 18.2 Å². The lowest BCUT2D eigenvalue weighted by molar-refractivity contribution is -0.137.